The van der Waals surface area contributed by atoms with Gasteiger partial charge in [-0.05, 0) is 5.56 Å². The molecule has 7 nitrogen and oxygen atoms in total. The van der Waals surface area contributed by atoms with Crippen LogP contribution < -0.4 is 0 Å². The van der Waals surface area contributed by atoms with Crippen LogP contribution >= 0.6 is 0 Å². The Labute approximate surface area is 152 Å². The number of amides is 3. The van der Waals surface area contributed by atoms with Gasteiger partial charge < -0.3 is 14.5 Å². The van der Waals surface area contributed by atoms with Crippen molar-refractivity contribution < 1.29 is 19.1 Å². The van der Waals surface area contributed by atoms with Gasteiger partial charge in [-0.3, -0.25) is 14.5 Å². The maximum Gasteiger partial charge on any atom is 0.410 e. The van der Waals surface area contributed by atoms with Gasteiger partial charge in [0.1, 0.15) is 13.2 Å². The molecule has 138 valence electrons. The van der Waals surface area contributed by atoms with E-state index >= 15 is 0 Å². The fraction of sp³-hybridized carbons (Fsp3) is 0.526. The lowest BCUT2D eigenvalue weighted by atomic mass is 9.89. The molecule has 3 fully saturated rings. The zero-order chi connectivity index (χ0) is 18.3. The van der Waals surface area contributed by atoms with Crippen molar-refractivity contribution in [2.24, 2.45) is 11.8 Å². The predicted molar refractivity (Wildman–Crippen MR) is 93.1 cm³/mol. The highest BCUT2D eigenvalue weighted by molar-refractivity contribution is 5.83. The largest absolute Gasteiger partial charge is 0.448 e. The molecule has 3 heterocycles. The van der Waals surface area contributed by atoms with Crippen molar-refractivity contribution in [2.45, 2.75) is 13.0 Å². The van der Waals surface area contributed by atoms with Gasteiger partial charge in [-0.1, -0.05) is 30.3 Å². The lowest BCUT2D eigenvalue weighted by Crippen LogP contribution is -2.41. The molecule has 3 aliphatic heterocycles. The van der Waals surface area contributed by atoms with Crippen molar-refractivity contribution in [3.05, 3.63) is 35.9 Å². The summed E-state index contributed by atoms with van der Waals surface area (Å²) < 4.78 is 4.89. The molecule has 3 amide bonds. The lowest BCUT2D eigenvalue weighted by Gasteiger charge is -2.29. The summed E-state index contributed by atoms with van der Waals surface area (Å²) in [5, 5.41) is 0. The second-order valence-electron chi connectivity index (χ2n) is 7.29. The number of ether oxygens (including phenoxy) is 1. The number of hydrogen-bond donors (Lipinski definition) is 0. The second-order valence-corrected chi connectivity index (χ2v) is 7.29. The van der Waals surface area contributed by atoms with E-state index in [-0.39, 0.29) is 36.2 Å². The molecule has 4 rings (SSSR count). The van der Waals surface area contributed by atoms with E-state index < -0.39 is 6.09 Å². The molecule has 1 aromatic rings. The summed E-state index contributed by atoms with van der Waals surface area (Å²) in [5.74, 6) is 0.541. The number of carbonyl (C=O) groups is 3. The van der Waals surface area contributed by atoms with E-state index in [4.69, 9.17) is 4.74 Å². The highest BCUT2D eigenvalue weighted by Gasteiger charge is 2.49. The Morgan fingerprint density at radius 2 is 1.92 bits per heavy atom. The minimum absolute atomic E-state index is 0.00764. The quantitative estimate of drug-likeness (QED) is 0.813. The van der Waals surface area contributed by atoms with Crippen LogP contribution in [0.5, 0.6) is 0 Å². The molecule has 0 bridgehead atoms. The van der Waals surface area contributed by atoms with E-state index in [0.717, 1.165) is 5.56 Å². The molecule has 3 aliphatic rings. The van der Waals surface area contributed by atoms with Crippen LogP contribution in [0.2, 0.25) is 0 Å². The van der Waals surface area contributed by atoms with Gasteiger partial charge in [-0.2, -0.15) is 0 Å². The molecule has 0 radical (unpaired) electrons. The van der Waals surface area contributed by atoms with Crippen molar-refractivity contribution in [3.63, 3.8) is 0 Å². The summed E-state index contributed by atoms with van der Waals surface area (Å²) in [6, 6.07) is 10.0. The molecule has 7 heteroatoms. The highest BCUT2D eigenvalue weighted by Crippen LogP contribution is 2.44. The Balaban J connectivity index is 1.49. The molecule has 26 heavy (non-hydrogen) atoms. The van der Waals surface area contributed by atoms with E-state index in [1.165, 1.54) is 4.90 Å². The third-order valence-corrected chi connectivity index (χ3v) is 5.73. The van der Waals surface area contributed by atoms with E-state index in [2.05, 4.69) is 0 Å². The van der Waals surface area contributed by atoms with Crippen molar-refractivity contribution in [1.29, 1.82) is 0 Å². The Morgan fingerprint density at radius 1 is 1.15 bits per heavy atom. The van der Waals surface area contributed by atoms with Crippen LogP contribution in [0.15, 0.2) is 30.3 Å². The predicted octanol–water partition coefficient (Wildman–Crippen LogP) is 1.12. The van der Waals surface area contributed by atoms with Crippen LogP contribution in [0, 0.1) is 11.8 Å². The van der Waals surface area contributed by atoms with Crippen LogP contribution in [0.1, 0.15) is 18.5 Å². The summed E-state index contributed by atoms with van der Waals surface area (Å²) >= 11 is 0. The monoisotopic (exact) mass is 357 g/mol. The number of cyclic esters (lactones) is 1. The van der Waals surface area contributed by atoms with Gasteiger partial charge in [0.15, 0.2) is 0 Å². The average molecular weight is 357 g/mol. The standard InChI is InChI=1S/C19H23N3O4/c1-13(23)22-10-15-9-21(17(24)12-20-7-8-26-19(20)25)11-16(15)18(22)14-5-3-2-4-6-14/h2-6,15-16,18H,7-12H2,1H3/t15-,16-,18-/m1/s1. The van der Waals surface area contributed by atoms with Crippen LogP contribution in [0.25, 0.3) is 0 Å². The first-order valence-electron chi connectivity index (χ1n) is 9.06. The van der Waals surface area contributed by atoms with Crippen molar-refractivity contribution in [1.82, 2.24) is 14.7 Å². The maximum absolute atomic E-state index is 12.6. The summed E-state index contributed by atoms with van der Waals surface area (Å²) in [7, 11) is 0. The lowest BCUT2D eigenvalue weighted by molar-refractivity contribution is -0.132. The maximum atomic E-state index is 12.6. The molecule has 1 aromatic carbocycles. The van der Waals surface area contributed by atoms with Crippen LogP contribution in [0.4, 0.5) is 4.79 Å². The number of rotatable bonds is 3. The Kier molecular flexibility index (Phi) is 4.30. The number of hydrogen-bond acceptors (Lipinski definition) is 4. The van der Waals surface area contributed by atoms with E-state index in [9.17, 15) is 14.4 Å². The third-order valence-electron chi connectivity index (χ3n) is 5.73. The molecule has 0 N–H and O–H groups in total. The summed E-state index contributed by atoms with van der Waals surface area (Å²) in [4.78, 5) is 41.6. The fourth-order valence-corrected chi connectivity index (χ4v) is 4.48. The van der Waals surface area contributed by atoms with Crippen LogP contribution in [-0.2, 0) is 14.3 Å². The molecule has 3 saturated heterocycles. The highest BCUT2D eigenvalue weighted by atomic mass is 16.6. The first-order valence-corrected chi connectivity index (χ1v) is 9.06. The van der Waals surface area contributed by atoms with Crippen LogP contribution in [-0.4, -0.2) is 71.9 Å². The Bertz CT molecular complexity index is 723. The molecular formula is C19H23N3O4. The summed E-state index contributed by atoms with van der Waals surface area (Å²) in [6.45, 7) is 4.44. The normalized spacial score (nSPS) is 27.7. The summed E-state index contributed by atoms with van der Waals surface area (Å²) in [6.07, 6.45) is -0.414. The van der Waals surface area contributed by atoms with Crippen LogP contribution in [0.3, 0.4) is 0 Å². The molecule has 0 saturated carbocycles. The zero-order valence-electron chi connectivity index (χ0n) is 14.8. The zero-order valence-corrected chi connectivity index (χ0v) is 14.8. The molecule has 0 spiro atoms. The molecule has 3 atom stereocenters. The second kappa shape index (κ2) is 6.63. The van der Waals surface area contributed by atoms with Gasteiger partial charge >= 0.3 is 6.09 Å². The average Bonchev–Trinajstić information content (AvgIpc) is 3.30. The van der Waals surface area contributed by atoms with Gasteiger partial charge in [0.2, 0.25) is 11.8 Å². The Morgan fingerprint density at radius 3 is 2.58 bits per heavy atom. The molecule has 0 aliphatic carbocycles. The molecule has 0 aromatic heterocycles. The Hall–Kier alpha value is -2.57. The van der Waals surface area contributed by atoms with Gasteiger partial charge in [0.05, 0.1) is 12.6 Å². The number of fused-ring (bicyclic) bond motifs is 1. The van der Waals surface area contributed by atoms with Gasteiger partial charge in [-0.25, -0.2) is 4.79 Å². The third kappa shape index (κ3) is 2.91. The van der Waals surface area contributed by atoms with Gasteiger partial charge in [0.25, 0.3) is 0 Å². The first kappa shape index (κ1) is 16.9. The van der Waals surface area contributed by atoms with Crippen molar-refractivity contribution in [3.8, 4) is 0 Å². The van der Waals surface area contributed by atoms with Gasteiger partial charge in [-0.15, -0.1) is 0 Å². The number of carbonyl (C=O) groups excluding carboxylic acids is 3. The van der Waals surface area contributed by atoms with E-state index in [0.29, 0.717) is 32.8 Å². The number of nitrogens with zero attached hydrogens (tertiary/aromatic N) is 3. The minimum atomic E-state index is -0.414. The minimum Gasteiger partial charge on any atom is -0.448 e. The molecule has 0 unspecified atom stereocenters. The smallest absolute Gasteiger partial charge is 0.410 e. The topological polar surface area (TPSA) is 70.2 Å². The van der Waals surface area contributed by atoms with E-state index in [1.807, 2.05) is 40.1 Å². The van der Waals surface area contributed by atoms with Gasteiger partial charge in [0, 0.05) is 38.4 Å². The van der Waals surface area contributed by atoms with Crippen molar-refractivity contribution >= 4 is 17.9 Å². The van der Waals surface area contributed by atoms with Crippen molar-refractivity contribution in [2.75, 3.05) is 39.3 Å². The SMILES string of the molecule is CC(=O)N1C[C@H]2CN(C(=O)CN3CCOC3=O)C[C@H]2[C@H]1c1ccccc1. The fourth-order valence-electron chi connectivity index (χ4n) is 4.48. The number of benzene rings is 1. The number of likely N-dealkylation sites (tertiary alicyclic amines) is 2. The first-order chi connectivity index (χ1) is 12.5. The van der Waals surface area contributed by atoms with E-state index in [1.54, 1.807) is 6.92 Å². The summed E-state index contributed by atoms with van der Waals surface area (Å²) in [5.41, 5.74) is 1.12. The molecular weight excluding hydrogens is 334 g/mol.